The van der Waals surface area contributed by atoms with Crippen LogP contribution in [0.1, 0.15) is 30.7 Å². The zero-order chi connectivity index (χ0) is 14.8. The molecule has 3 rings (SSSR count). The molecule has 0 radical (unpaired) electrons. The minimum atomic E-state index is -0.389. The third kappa shape index (κ3) is 2.77. The van der Waals surface area contributed by atoms with Gasteiger partial charge in [-0.3, -0.25) is 9.89 Å². The summed E-state index contributed by atoms with van der Waals surface area (Å²) in [4.78, 5) is 22.4. The normalized spacial score (nSPS) is 20.5. The number of H-pyrrole nitrogens is 1. The first-order valence-electron chi connectivity index (χ1n) is 6.78. The molecule has 1 saturated heterocycles. The van der Waals surface area contributed by atoms with Gasteiger partial charge in [-0.15, -0.1) is 0 Å². The zero-order valence-corrected chi connectivity index (χ0v) is 11.9. The lowest BCUT2D eigenvalue weighted by molar-refractivity contribution is -0.142. The van der Waals surface area contributed by atoms with Crippen LogP contribution >= 0.6 is 0 Å². The third-order valence-corrected chi connectivity index (χ3v) is 3.47. The van der Waals surface area contributed by atoms with Crippen LogP contribution in [0.5, 0.6) is 0 Å². The highest BCUT2D eigenvalue weighted by Gasteiger charge is 2.30. The second-order valence-corrected chi connectivity index (χ2v) is 4.97. The van der Waals surface area contributed by atoms with Crippen LogP contribution in [-0.2, 0) is 9.53 Å². The zero-order valence-electron chi connectivity index (χ0n) is 11.9. The molecule has 1 N–H and O–H groups in total. The van der Waals surface area contributed by atoms with Crippen LogP contribution in [0.15, 0.2) is 12.7 Å². The minimum Gasteiger partial charge on any atom is -0.366 e. The van der Waals surface area contributed by atoms with Crippen LogP contribution < -0.4 is 0 Å². The van der Waals surface area contributed by atoms with E-state index < -0.39 is 0 Å². The van der Waals surface area contributed by atoms with Crippen molar-refractivity contribution in [3.05, 3.63) is 24.3 Å². The molecule has 0 unspecified atom stereocenters. The fourth-order valence-electron chi connectivity index (χ4n) is 2.30. The van der Waals surface area contributed by atoms with Gasteiger partial charge in [0, 0.05) is 6.54 Å². The van der Waals surface area contributed by atoms with E-state index in [2.05, 4.69) is 25.3 Å². The molecule has 0 spiro atoms. The Morgan fingerprint density at radius 1 is 1.57 bits per heavy atom. The maximum atomic E-state index is 12.5. The van der Waals surface area contributed by atoms with Crippen LogP contribution in [0.2, 0.25) is 0 Å². The number of nitrogens with zero attached hydrogens (tertiary/aromatic N) is 6. The molecule has 0 aromatic carbocycles. The fraction of sp³-hybridized carbons (Fsp3) is 0.583. The molecular formula is C12H17N7O2. The molecule has 1 aliphatic heterocycles. The average molecular weight is 291 g/mol. The molecule has 0 aliphatic carbocycles. The van der Waals surface area contributed by atoms with Crippen LogP contribution in [-0.4, -0.2) is 60.4 Å². The highest BCUT2D eigenvalue weighted by Crippen LogP contribution is 2.21. The summed E-state index contributed by atoms with van der Waals surface area (Å²) in [6, 6.07) is -0.389. The second-order valence-electron chi connectivity index (χ2n) is 4.97. The molecule has 1 fully saturated rings. The van der Waals surface area contributed by atoms with E-state index in [1.54, 1.807) is 22.8 Å². The van der Waals surface area contributed by atoms with Crippen molar-refractivity contribution >= 4 is 5.91 Å². The maximum absolute atomic E-state index is 12.5. The Hall–Kier alpha value is -2.29. The van der Waals surface area contributed by atoms with Crippen molar-refractivity contribution in [3.63, 3.8) is 0 Å². The summed E-state index contributed by atoms with van der Waals surface area (Å²) in [7, 11) is 0. The van der Waals surface area contributed by atoms with E-state index in [9.17, 15) is 4.79 Å². The Labute approximate surface area is 121 Å². The van der Waals surface area contributed by atoms with Gasteiger partial charge in [0.1, 0.15) is 30.6 Å². The molecule has 2 atom stereocenters. The first kappa shape index (κ1) is 13.7. The van der Waals surface area contributed by atoms with Crippen molar-refractivity contribution in [2.24, 2.45) is 0 Å². The Morgan fingerprint density at radius 3 is 3.10 bits per heavy atom. The Morgan fingerprint density at radius 2 is 2.43 bits per heavy atom. The molecule has 112 valence electrons. The van der Waals surface area contributed by atoms with Gasteiger partial charge in [-0.2, -0.15) is 10.2 Å². The van der Waals surface area contributed by atoms with Crippen molar-refractivity contribution in [2.45, 2.75) is 26.0 Å². The van der Waals surface area contributed by atoms with Crippen molar-refractivity contribution in [2.75, 3.05) is 19.7 Å². The molecule has 2 aromatic rings. The number of aromatic amines is 1. The largest absolute Gasteiger partial charge is 0.366 e. The smallest absolute Gasteiger partial charge is 0.247 e. The Balaban J connectivity index is 1.69. The number of hydrogen-bond donors (Lipinski definition) is 1. The molecule has 2 aromatic heterocycles. The molecule has 0 bridgehead atoms. The van der Waals surface area contributed by atoms with E-state index in [1.807, 2.05) is 6.92 Å². The number of carbonyl (C=O) groups is 1. The number of amides is 1. The average Bonchev–Trinajstić information content (AvgIpc) is 3.17. The SMILES string of the molecule is Cc1nc([C@@H]2CN(C(=O)[C@@H](C)n3cncn3)CCO2)n[nH]1. The molecule has 1 aliphatic rings. The van der Waals surface area contributed by atoms with Crippen molar-refractivity contribution in [3.8, 4) is 0 Å². The van der Waals surface area contributed by atoms with Gasteiger partial charge in [-0.25, -0.2) is 14.6 Å². The Bertz CT molecular complexity index is 609. The van der Waals surface area contributed by atoms with Gasteiger partial charge in [0.2, 0.25) is 5.91 Å². The highest BCUT2D eigenvalue weighted by molar-refractivity contribution is 5.80. The molecule has 0 saturated carbocycles. The maximum Gasteiger partial charge on any atom is 0.247 e. The number of morpholine rings is 1. The van der Waals surface area contributed by atoms with Gasteiger partial charge in [0.25, 0.3) is 0 Å². The number of aromatic nitrogens is 6. The van der Waals surface area contributed by atoms with E-state index >= 15 is 0 Å². The molecule has 21 heavy (non-hydrogen) atoms. The predicted octanol–water partition coefficient (Wildman–Crippen LogP) is -0.134. The third-order valence-electron chi connectivity index (χ3n) is 3.47. The molecule has 3 heterocycles. The van der Waals surface area contributed by atoms with E-state index in [1.165, 1.54) is 6.33 Å². The first-order valence-corrected chi connectivity index (χ1v) is 6.78. The molecular weight excluding hydrogens is 274 g/mol. The van der Waals surface area contributed by atoms with Gasteiger partial charge in [0.05, 0.1) is 13.2 Å². The lowest BCUT2D eigenvalue weighted by atomic mass is 10.2. The summed E-state index contributed by atoms with van der Waals surface area (Å²) in [6.45, 7) is 5.09. The summed E-state index contributed by atoms with van der Waals surface area (Å²) in [5.41, 5.74) is 0. The Kier molecular flexibility index (Phi) is 3.65. The van der Waals surface area contributed by atoms with E-state index in [0.717, 1.165) is 5.82 Å². The van der Waals surface area contributed by atoms with Crippen LogP contribution in [0, 0.1) is 6.92 Å². The number of hydrogen-bond acceptors (Lipinski definition) is 6. The van der Waals surface area contributed by atoms with Crippen LogP contribution in [0.4, 0.5) is 0 Å². The van der Waals surface area contributed by atoms with Gasteiger partial charge in [-0.05, 0) is 13.8 Å². The van der Waals surface area contributed by atoms with Gasteiger partial charge in [0.15, 0.2) is 5.82 Å². The monoisotopic (exact) mass is 291 g/mol. The quantitative estimate of drug-likeness (QED) is 0.845. The van der Waals surface area contributed by atoms with E-state index in [0.29, 0.717) is 25.5 Å². The second kappa shape index (κ2) is 5.60. The van der Waals surface area contributed by atoms with Gasteiger partial charge >= 0.3 is 0 Å². The van der Waals surface area contributed by atoms with Crippen LogP contribution in [0.25, 0.3) is 0 Å². The van der Waals surface area contributed by atoms with Crippen molar-refractivity contribution < 1.29 is 9.53 Å². The van der Waals surface area contributed by atoms with Crippen molar-refractivity contribution in [1.29, 1.82) is 0 Å². The fourth-order valence-corrected chi connectivity index (χ4v) is 2.30. The predicted molar refractivity (Wildman–Crippen MR) is 71.1 cm³/mol. The van der Waals surface area contributed by atoms with Gasteiger partial charge < -0.3 is 9.64 Å². The summed E-state index contributed by atoms with van der Waals surface area (Å²) in [5, 5.41) is 10.9. The van der Waals surface area contributed by atoms with Crippen LogP contribution in [0.3, 0.4) is 0 Å². The summed E-state index contributed by atoms with van der Waals surface area (Å²) >= 11 is 0. The number of nitrogens with one attached hydrogen (secondary N) is 1. The summed E-state index contributed by atoms with van der Waals surface area (Å²) < 4.78 is 7.20. The highest BCUT2D eigenvalue weighted by atomic mass is 16.5. The number of rotatable bonds is 3. The lowest BCUT2D eigenvalue weighted by Crippen LogP contribution is -2.45. The number of ether oxygens (including phenoxy) is 1. The molecule has 1 amide bonds. The number of aryl methyl sites for hydroxylation is 1. The standard InChI is InChI=1S/C12H17N7O2/c1-8(19-7-13-6-14-19)12(20)18-3-4-21-10(5-18)11-15-9(2)16-17-11/h6-8,10H,3-5H2,1-2H3,(H,15,16,17)/t8-,10+/m1/s1. The van der Waals surface area contributed by atoms with Crippen molar-refractivity contribution in [1.82, 2.24) is 34.8 Å². The lowest BCUT2D eigenvalue weighted by Gasteiger charge is -2.33. The summed E-state index contributed by atoms with van der Waals surface area (Å²) in [5.74, 6) is 1.30. The molecule has 9 heteroatoms. The van der Waals surface area contributed by atoms with Gasteiger partial charge in [-0.1, -0.05) is 0 Å². The topological polar surface area (TPSA) is 102 Å². The molecule has 9 nitrogen and oxygen atoms in total. The summed E-state index contributed by atoms with van der Waals surface area (Å²) in [6.07, 6.45) is 2.66. The minimum absolute atomic E-state index is 0.0129. The number of carbonyl (C=O) groups excluding carboxylic acids is 1. The van der Waals surface area contributed by atoms with E-state index in [4.69, 9.17) is 4.74 Å². The first-order chi connectivity index (χ1) is 10.1. The van der Waals surface area contributed by atoms with E-state index in [-0.39, 0.29) is 18.1 Å².